The molecule has 0 saturated carbocycles. The van der Waals surface area contributed by atoms with Crippen molar-refractivity contribution >= 4 is 22.6 Å². The second-order valence-electron chi connectivity index (χ2n) is 7.82. The number of carbonyl (C=O) groups excluding carboxylic acids is 1. The summed E-state index contributed by atoms with van der Waals surface area (Å²) in [6.07, 6.45) is 0.471. The molecule has 0 bridgehead atoms. The van der Waals surface area contributed by atoms with Crippen LogP contribution >= 0.6 is 0 Å². The number of aromatic hydroxyl groups is 1. The first-order valence-corrected chi connectivity index (χ1v) is 9.85. The second kappa shape index (κ2) is 8.11. The molecule has 0 saturated heterocycles. The molecule has 0 aliphatic rings. The van der Waals surface area contributed by atoms with E-state index in [9.17, 15) is 14.7 Å². The summed E-state index contributed by atoms with van der Waals surface area (Å²) in [5.41, 5.74) is 4.69. The summed E-state index contributed by atoms with van der Waals surface area (Å²) in [4.78, 5) is 25.1. The molecule has 2 N–H and O–H groups in total. The van der Waals surface area contributed by atoms with Crippen LogP contribution < -0.4 is 10.9 Å². The van der Waals surface area contributed by atoms with Crippen LogP contribution in [0.5, 0.6) is 5.75 Å². The van der Waals surface area contributed by atoms with Crippen molar-refractivity contribution in [2.75, 3.05) is 5.32 Å². The minimum Gasteiger partial charge on any atom is -0.508 e. The molecule has 3 aromatic rings. The molecule has 1 heterocycles. The highest BCUT2D eigenvalue weighted by Crippen LogP contribution is 2.29. The van der Waals surface area contributed by atoms with Crippen molar-refractivity contribution in [1.82, 2.24) is 0 Å². The van der Waals surface area contributed by atoms with Crippen molar-refractivity contribution in [2.45, 2.75) is 53.4 Å². The van der Waals surface area contributed by atoms with Gasteiger partial charge in [0.1, 0.15) is 11.3 Å². The molecule has 0 fully saturated rings. The van der Waals surface area contributed by atoms with Gasteiger partial charge in [-0.1, -0.05) is 32.0 Å². The van der Waals surface area contributed by atoms with E-state index in [0.717, 1.165) is 27.8 Å². The van der Waals surface area contributed by atoms with Crippen molar-refractivity contribution in [3.63, 3.8) is 0 Å². The van der Waals surface area contributed by atoms with Crippen molar-refractivity contribution < 1.29 is 14.3 Å². The van der Waals surface area contributed by atoms with Gasteiger partial charge in [-0.2, -0.15) is 0 Å². The molecule has 1 aromatic heterocycles. The predicted octanol–water partition coefficient (Wildman–Crippen LogP) is 5.12. The number of phenols is 1. The molecular formula is C24H27NO4. The number of amides is 1. The molecule has 0 aliphatic heterocycles. The topological polar surface area (TPSA) is 79.5 Å². The summed E-state index contributed by atoms with van der Waals surface area (Å²) in [6.45, 7) is 9.71. The highest BCUT2D eigenvalue weighted by atomic mass is 16.4. The summed E-state index contributed by atoms with van der Waals surface area (Å²) >= 11 is 0. The van der Waals surface area contributed by atoms with Gasteiger partial charge >= 0.3 is 5.63 Å². The molecule has 0 aliphatic carbocycles. The molecule has 0 spiro atoms. The second-order valence-corrected chi connectivity index (χ2v) is 7.82. The van der Waals surface area contributed by atoms with Crippen LogP contribution in [0, 0.1) is 20.8 Å². The van der Waals surface area contributed by atoms with Crippen LogP contribution in [0.3, 0.4) is 0 Å². The SMILES string of the molecule is Cc1cccc(C(C)C)c1NC(=O)CCc1c(C)c2ccc(O)c(C)c2oc1=O. The fraction of sp³-hybridized carbons (Fsp3) is 0.333. The first-order chi connectivity index (χ1) is 13.7. The number of benzene rings is 2. The highest BCUT2D eigenvalue weighted by molar-refractivity contribution is 5.93. The Labute approximate surface area is 170 Å². The first-order valence-electron chi connectivity index (χ1n) is 9.85. The number of phenolic OH excluding ortho intramolecular Hbond substituents is 1. The number of hydrogen-bond acceptors (Lipinski definition) is 4. The Bertz CT molecular complexity index is 1140. The normalized spacial score (nSPS) is 11.2. The zero-order valence-electron chi connectivity index (χ0n) is 17.6. The van der Waals surface area contributed by atoms with E-state index in [4.69, 9.17) is 4.42 Å². The van der Waals surface area contributed by atoms with Gasteiger partial charge in [0.05, 0.1) is 0 Å². The lowest BCUT2D eigenvalue weighted by atomic mass is 9.97. The lowest BCUT2D eigenvalue weighted by molar-refractivity contribution is -0.116. The van der Waals surface area contributed by atoms with E-state index in [0.29, 0.717) is 29.0 Å². The van der Waals surface area contributed by atoms with Crippen LogP contribution in [0.15, 0.2) is 39.5 Å². The fourth-order valence-corrected chi connectivity index (χ4v) is 3.65. The molecule has 1 amide bonds. The Morgan fingerprint density at radius 3 is 2.52 bits per heavy atom. The van der Waals surface area contributed by atoms with Gasteiger partial charge in [-0.25, -0.2) is 4.79 Å². The van der Waals surface area contributed by atoms with Gasteiger partial charge in [0.15, 0.2) is 0 Å². The summed E-state index contributed by atoms with van der Waals surface area (Å²) in [5.74, 6) is 0.244. The van der Waals surface area contributed by atoms with Gasteiger partial charge in [0, 0.05) is 28.6 Å². The van der Waals surface area contributed by atoms with Crippen LogP contribution in [0.2, 0.25) is 0 Å². The molecule has 5 nitrogen and oxygen atoms in total. The minimum absolute atomic E-state index is 0.0892. The van der Waals surface area contributed by atoms with E-state index < -0.39 is 5.63 Å². The zero-order valence-corrected chi connectivity index (χ0v) is 17.6. The molecule has 0 atom stereocenters. The van der Waals surface area contributed by atoms with Crippen molar-refractivity contribution in [3.8, 4) is 5.75 Å². The molecule has 152 valence electrons. The third-order valence-electron chi connectivity index (χ3n) is 5.47. The Hall–Kier alpha value is -3.08. The first kappa shape index (κ1) is 20.6. The van der Waals surface area contributed by atoms with Crippen LogP contribution in [0.25, 0.3) is 11.0 Å². The van der Waals surface area contributed by atoms with Crippen molar-refractivity contribution in [3.05, 3.63) is 68.6 Å². The number of nitrogens with one attached hydrogen (secondary N) is 1. The summed E-state index contributed by atoms with van der Waals surface area (Å²) in [6, 6.07) is 9.31. The maximum Gasteiger partial charge on any atom is 0.339 e. The minimum atomic E-state index is -0.463. The Morgan fingerprint density at radius 2 is 1.83 bits per heavy atom. The predicted molar refractivity (Wildman–Crippen MR) is 116 cm³/mol. The average molecular weight is 393 g/mol. The number of anilines is 1. The standard InChI is InChI=1S/C24H27NO4/c1-13(2)17-8-6-7-14(3)22(17)25-21(27)12-10-19-15(4)18-9-11-20(26)16(5)23(18)29-24(19)28/h6-9,11,13,26H,10,12H2,1-5H3,(H,25,27). The highest BCUT2D eigenvalue weighted by Gasteiger charge is 2.17. The van der Waals surface area contributed by atoms with E-state index in [1.54, 1.807) is 19.1 Å². The van der Waals surface area contributed by atoms with Crippen LogP contribution in [-0.4, -0.2) is 11.0 Å². The number of rotatable bonds is 5. The Morgan fingerprint density at radius 1 is 1.10 bits per heavy atom. The quantitative estimate of drug-likeness (QED) is 0.590. The summed E-state index contributed by atoms with van der Waals surface area (Å²) in [5, 5.41) is 13.6. The largest absolute Gasteiger partial charge is 0.508 e. The molecule has 0 radical (unpaired) electrons. The van der Waals surface area contributed by atoms with E-state index in [2.05, 4.69) is 19.2 Å². The molecule has 2 aromatic carbocycles. The van der Waals surface area contributed by atoms with Crippen LogP contribution in [-0.2, 0) is 11.2 Å². The Balaban J connectivity index is 1.84. The van der Waals surface area contributed by atoms with Gasteiger partial charge in [-0.05, 0) is 61.9 Å². The molecular weight excluding hydrogens is 366 g/mol. The van der Waals surface area contributed by atoms with Gasteiger partial charge in [-0.15, -0.1) is 0 Å². The number of hydrogen-bond donors (Lipinski definition) is 2. The number of para-hydroxylation sites is 1. The lowest BCUT2D eigenvalue weighted by Crippen LogP contribution is -2.18. The molecule has 0 unspecified atom stereocenters. The summed E-state index contributed by atoms with van der Waals surface area (Å²) < 4.78 is 5.46. The molecule has 5 heteroatoms. The zero-order chi connectivity index (χ0) is 21.3. The van der Waals surface area contributed by atoms with Gasteiger partial charge in [0.25, 0.3) is 0 Å². The van der Waals surface area contributed by atoms with Crippen LogP contribution in [0.1, 0.15) is 54.0 Å². The van der Waals surface area contributed by atoms with Gasteiger partial charge < -0.3 is 14.8 Å². The maximum absolute atomic E-state index is 12.6. The van der Waals surface area contributed by atoms with Gasteiger partial charge in [-0.3, -0.25) is 4.79 Å². The van der Waals surface area contributed by atoms with E-state index >= 15 is 0 Å². The van der Waals surface area contributed by atoms with Crippen molar-refractivity contribution in [1.29, 1.82) is 0 Å². The number of carbonyl (C=O) groups is 1. The average Bonchev–Trinajstić information content (AvgIpc) is 2.66. The van der Waals surface area contributed by atoms with Crippen molar-refractivity contribution in [2.24, 2.45) is 0 Å². The smallest absolute Gasteiger partial charge is 0.339 e. The Kier molecular flexibility index (Phi) is 5.78. The van der Waals surface area contributed by atoms with Gasteiger partial charge in [0.2, 0.25) is 5.91 Å². The third-order valence-corrected chi connectivity index (χ3v) is 5.47. The summed E-state index contributed by atoms with van der Waals surface area (Å²) in [7, 11) is 0. The molecule has 29 heavy (non-hydrogen) atoms. The van der Waals surface area contributed by atoms with E-state index in [1.807, 2.05) is 32.0 Å². The fourth-order valence-electron chi connectivity index (χ4n) is 3.65. The van der Waals surface area contributed by atoms with E-state index in [1.165, 1.54) is 0 Å². The maximum atomic E-state index is 12.6. The number of fused-ring (bicyclic) bond motifs is 1. The lowest BCUT2D eigenvalue weighted by Gasteiger charge is -2.16. The van der Waals surface area contributed by atoms with E-state index in [-0.39, 0.29) is 18.1 Å². The molecule has 3 rings (SSSR count). The van der Waals surface area contributed by atoms with Crippen LogP contribution in [0.4, 0.5) is 5.69 Å². The monoisotopic (exact) mass is 393 g/mol. The number of aryl methyl sites for hydroxylation is 3. The third kappa shape index (κ3) is 4.04.